The molecular formula is C79H130O17P2. The van der Waals surface area contributed by atoms with Crippen LogP contribution in [0.2, 0.25) is 0 Å². The summed E-state index contributed by atoms with van der Waals surface area (Å²) in [5.74, 6) is -2.37. The van der Waals surface area contributed by atoms with Gasteiger partial charge in [0.2, 0.25) is 0 Å². The summed E-state index contributed by atoms with van der Waals surface area (Å²) in [6.07, 6.45) is 78.8. The maximum absolute atomic E-state index is 13.1. The second-order valence-electron chi connectivity index (χ2n) is 24.1. The van der Waals surface area contributed by atoms with E-state index < -0.39 is 97.5 Å². The average Bonchev–Trinajstić information content (AvgIpc) is 0.985. The molecule has 0 aliphatic rings. The summed E-state index contributed by atoms with van der Waals surface area (Å²) in [4.78, 5) is 72.7. The number of rotatable bonds is 68. The van der Waals surface area contributed by atoms with E-state index in [0.717, 1.165) is 186 Å². The van der Waals surface area contributed by atoms with E-state index in [1.807, 2.05) is 18.2 Å². The van der Waals surface area contributed by atoms with E-state index in [9.17, 15) is 43.2 Å². The molecule has 0 heterocycles. The van der Waals surface area contributed by atoms with Crippen LogP contribution in [0.3, 0.4) is 0 Å². The molecule has 5 atom stereocenters. The Morgan fingerprint density at radius 2 is 0.571 bits per heavy atom. The Kier molecular flexibility index (Phi) is 66.7. The van der Waals surface area contributed by atoms with Crippen LogP contribution in [0.4, 0.5) is 0 Å². The van der Waals surface area contributed by atoms with Crippen molar-refractivity contribution in [2.24, 2.45) is 0 Å². The Labute approximate surface area is 592 Å². The van der Waals surface area contributed by atoms with Crippen molar-refractivity contribution in [1.29, 1.82) is 0 Å². The molecule has 0 fully saturated rings. The van der Waals surface area contributed by atoms with Crippen LogP contribution in [-0.2, 0) is 65.4 Å². The summed E-state index contributed by atoms with van der Waals surface area (Å²) < 4.78 is 68.2. The minimum atomic E-state index is -5.00. The first-order chi connectivity index (χ1) is 47.7. The summed E-state index contributed by atoms with van der Waals surface area (Å²) >= 11 is 0. The largest absolute Gasteiger partial charge is 0.472 e. The first-order valence-corrected chi connectivity index (χ1v) is 40.1. The predicted molar refractivity (Wildman–Crippen MR) is 399 cm³/mol. The van der Waals surface area contributed by atoms with Crippen LogP contribution < -0.4 is 0 Å². The van der Waals surface area contributed by atoms with Gasteiger partial charge in [-0.25, -0.2) is 9.13 Å². The lowest BCUT2D eigenvalue weighted by Gasteiger charge is -2.21. The number of ether oxygens (including phenoxy) is 4. The van der Waals surface area contributed by atoms with Crippen molar-refractivity contribution < 1.29 is 80.2 Å². The number of phosphoric acid groups is 2. The molecule has 558 valence electrons. The van der Waals surface area contributed by atoms with Crippen molar-refractivity contribution in [2.45, 2.75) is 290 Å². The molecule has 3 N–H and O–H groups in total. The lowest BCUT2D eigenvalue weighted by atomic mass is 10.1. The van der Waals surface area contributed by atoms with Gasteiger partial charge in [-0.1, -0.05) is 257 Å². The van der Waals surface area contributed by atoms with Crippen molar-refractivity contribution in [3.63, 3.8) is 0 Å². The molecule has 0 spiro atoms. The Morgan fingerprint density at radius 1 is 0.306 bits per heavy atom. The van der Waals surface area contributed by atoms with Crippen molar-refractivity contribution in [1.82, 2.24) is 0 Å². The van der Waals surface area contributed by atoms with Crippen LogP contribution in [-0.4, -0.2) is 96.7 Å². The van der Waals surface area contributed by atoms with Crippen molar-refractivity contribution in [3.8, 4) is 0 Å². The van der Waals surface area contributed by atoms with Crippen LogP contribution in [0.5, 0.6) is 0 Å². The second kappa shape index (κ2) is 70.4. The van der Waals surface area contributed by atoms with Crippen LogP contribution in [0.15, 0.2) is 146 Å². The van der Waals surface area contributed by atoms with Crippen LogP contribution >= 0.6 is 15.6 Å². The molecule has 98 heavy (non-hydrogen) atoms. The van der Waals surface area contributed by atoms with E-state index in [4.69, 9.17) is 37.0 Å². The van der Waals surface area contributed by atoms with Gasteiger partial charge in [0.15, 0.2) is 12.2 Å². The summed E-state index contributed by atoms with van der Waals surface area (Å²) in [5, 5.41) is 10.6. The molecule has 0 aromatic carbocycles. The van der Waals surface area contributed by atoms with E-state index in [2.05, 4.69) is 149 Å². The molecule has 0 bridgehead atoms. The van der Waals surface area contributed by atoms with Gasteiger partial charge < -0.3 is 33.8 Å². The minimum absolute atomic E-state index is 0.0609. The molecule has 0 radical (unpaired) electrons. The topological polar surface area (TPSA) is 237 Å². The van der Waals surface area contributed by atoms with Gasteiger partial charge in [-0.05, 0) is 135 Å². The third-order valence-electron chi connectivity index (χ3n) is 14.8. The van der Waals surface area contributed by atoms with Gasteiger partial charge in [0.25, 0.3) is 0 Å². The fourth-order valence-electron chi connectivity index (χ4n) is 9.24. The fraction of sp³-hybridized carbons (Fsp3) is 0.646. The molecule has 0 rings (SSSR count). The summed E-state index contributed by atoms with van der Waals surface area (Å²) in [5.41, 5.74) is 0. The number of aliphatic hydroxyl groups is 1. The van der Waals surface area contributed by atoms with Gasteiger partial charge in [0.1, 0.15) is 19.3 Å². The molecule has 0 aromatic rings. The number of hydrogen-bond acceptors (Lipinski definition) is 15. The Balaban J connectivity index is 5.42. The number of carbonyl (C=O) groups is 4. The monoisotopic (exact) mass is 1410 g/mol. The second-order valence-corrected chi connectivity index (χ2v) is 27.0. The number of carbonyl (C=O) groups excluding carboxylic acids is 4. The SMILES string of the molecule is CC/C=C\C/C=C\C/C=C\C/C=C\C/C=C\CC(=O)OCC(COP(=O)(O)OCC(O)COP(=O)(O)OCC(COC(=O)CCCCCCCCC/C=C\C/C=C\C/C=C\CC)OC(=O)CCCCCCC/C=C\C/C=C\C/C=C\CC)OC(=O)CCCCCCC/C=C\CCCC. The van der Waals surface area contributed by atoms with E-state index in [1.165, 1.54) is 6.42 Å². The van der Waals surface area contributed by atoms with Gasteiger partial charge in [0, 0.05) is 19.3 Å². The molecule has 5 unspecified atom stereocenters. The van der Waals surface area contributed by atoms with E-state index in [-0.39, 0.29) is 25.7 Å². The lowest BCUT2D eigenvalue weighted by Crippen LogP contribution is -2.30. The fourth-order valence-corrected chi connectivity index (χ4v) is 10.8. The number of phosphoric ester groups is 2. The first kappa shape index (κ1) is 92.9. The normalized spacial score (nSPS) is 14.8. The molecule has 0 saturated carbocycles. The third kappa shape index (κ3) is 69.4. The number of allylic oxidation sites excluding steroid dienone is 23. The van der Waals surface area contributed by atoms with Crippen molar-refractivity contribution in [2.75, 3.05) is 39.6 Å². The average molecular weight is 1410 g/mol. The number of aliphatic hydroxyl groups excluding tert-OH is 1. The third-order valence-corrected chi connectivity index (χ3v) is 16.7. The zero-order valence-corrected chi connectivity index (χ0v) is 62.4. The van der Waals surface area contributed by atoms with Crippen LogP contribution in [0.25, 0.3) is 0 Å². The highest BCUT2D eigenvalue weighted by Gasteiger charge is 2.30. The van der Waals surface area contributed by atoms with E-state index in [0.29, 0.717) is 25.7 Å². The smallest absolute Gasteiger partial charge is 0.462 e. The molecular weight excluding hydrogens is 1280 g/mol. The Hall–Kier alpha value is -5.06. The molecule has 17 nitrogen and oxygen atoms in total. The maximum atomic E-state index is 13.1. The molecule has 0 amide bonds. The lowest BCUT2D eigenvalue weighted by molar-refractivity contribution is -0.161. The van der Waals surface area contributed by atoms with E-state index in [1.54, 1.807) is 6.08 Å². The first-order valence-electron chi connectivity index (χ1n) is 37.1. The Morgan fingerprint density at radius 3 is 0.918 bits per heavy atom. The number of unbranched alkanes of at least 4 members (excludes halogenated alkanes) is 19. The standard InChI is InChI=1S/C79H130O17P2/c1-5-9-13-17-21-25-29-32-35-36-39-41-45-48-52-56-60-64-77(82)90-70-75(96-79(84)66-62-58-54-50-46-42-38-34-31-27-23-19-15-11-7-3)72-94-98(87,88)92-68-73(80)67-91-97(85,86)93-71-74(95-78(83)65-61-57-53-49-43-28-24-20-16-12-8-4)69-89-76(81)63-59-55-51-47-44-40-37-33-30-26-22-18-14-10-6-2/h9-11,13-15,20-27,32-35,37-38,44,47,55,59,73-75,80H,5-8,12,16-19,28-31,36,39-43,45-46,48-54,56-58,60-72H2,1-4H3,(H,85,86)(H,87,88)/b13-9-,14-10-,15-11-,24-20-,25-21-,26-22-,27-23-,35-32-,37-33-,38-34-,47-44-,59-55-. The maximum Gasteiger partial charge on any atom is 0.472 e. The van der Waals surface area contributed by atoms with Crippen LogP contribution in [0, 0.1) is 0 Å². The molecule has 0 saturated heterocycles. The zero-order chi connectivity index (χ0) is 71.8. The van der Waals surface area contributed by atoms with E-state index >= 15 is 0 Å². The van der Waals surface area contributed by atoms with Gasteiger partial charge in [-0.2, -0.15) is 0 Å². The highest BCUT2D eigenvalue weighted by molar-refractivity contribution is 7.47. The van der Waals surface area contributed by atoms with Gasteiger partial charge >= 0.3 is 39.5 Å². The number of esters is 4. The highest BCUT2D eigenvalue weighted by atomic mass is 31.2. The van der Waals surface area contributed by atoms with Crippen molar-refractivity contribution in [3.05, 3.63) is 146 Å². The quantitative estimate of drug-likeness (QED) is 0.0169. The summed E-state index contributed by atoms with van der Waals surface area (Å²) in [6.45, 7) is 4.32. The van der Waals surface area contributed by atoms with Crippen molar-refractivity contribution >= 4 is 39.5 Å². The molecule has 0 aliphatic carbocycles. The van der Waals surface area contributed by atoms with Gasteiger partial charge in [-0.15, -0.1) is 0 Å². The molecule has 0 aliphatic heterocycles. The zero-order valence-electron chi connectivity index (χ0n) is 60.7. The van der Waals surface area contributed by atoms with Crippen LogP contribution in [0.1, 0.15) is 272 Å². The van der Waals surface area contributed by atoms with Gasteiger partial charge in [-0.3, -0.25) is 37.3 Å². The minimum Gasteiger partial charge on any atom is -0.462 e. The van der Waals surface area contributed by atoms with Gasteiger partial charge in [0.05, 0.1) is 32.8 Å². The summed E-state index contributed by atoms with van der Waals surface area (Å²) in [7, 11) is -9.99. The predicted octanol–water partition coefficient (Wildman–Crippen LogP) is 21.1. The molecule has 0 aromatic heterocycles. The Bertz CT molecular complexity index is 2430. The number of hydrogen-bond donors (Lipinski definition) is 3. The summed E-state index contributed by atoms with van der Waals surface area (Å²) in [6, 6.07) is 0. The highest BCUT2D eigenvalue weighted by Crippen LogP contribution is 2.45. The molecule has 19 heteroatoms.